The lowest BCUT2D eigenvalue weighted by atomic mass is 10.1. The lowest BCUT2D eigenvalue weighted by Crippen LogP contribution is -2.31. The number of para-hydroxylation sites is 1. The molecule has 1 fully saturated rings. The molecule has 1 aliphatic rings. The Morgan fingerprint density at radius 1 is 1.09 bits per heavy atom. The second-order valence-electron chi connectivity index (χ2n) is 7.23. The van der Waals surface area contributed by atoms with Crippen LogP contribution in [0.15, 0.2) is 65.3 Å². The van der Waals surface area contributed by atoms with E-state index < -0.39 is 11.7 Å². The number of carbonyl (C=O) groups excluding carboxylic acids is 3. The maximum absolute atomic E-state index is 14.2. The topological polar surface area (TPSA) is 83.7 Å². The first-order valence-corrected chi connectivity index (χ1v) is 10.7. The summed E-state index contributed by atoms with van der Waals surface area (Å²) >= 11 is 1.19. The molecule has 0 radical (unpaired) electrons. The number of hydrogen-bond acceptors (Lipinski definition) is 6. The first kappa shape index (κ1) is 20.1. The molecule has 3 heterocycles. The molecule has 0 unspecified atom stereocenters. The molecular formula is C23H16FN3O4S. The van der Waals surface area contributed by atoms with Crippen molar-refractivity contribution in [1.82, 2.24) is 4.98 Å². The number of aromatic nitrogens is 1. The van der Waals surface area contributed by atoms with Gasteiger partial charge in [0.05, 0.1) is 23.2 Å². The van der Waals surface area contributed by atoms with E-state index in [1.165, 1.54) is 34.6 Å². The predicted molar refractivity (Wildman–Crippen MR) is 117 cm³/mol. The van der Waals surface area contributed by atoms with Crippen LogP contribution in [-0.4, -0.2) is 22.7 Å². The summed E-state index contributed by atoms with van der Waals surface area (Å²) in [6.07, 6.45) is 1.80. The fraction of sp³-hybridized carbons (Fsp3) is 0.130. The van der Waals surface area contributed by atoms with Gasteiger partial charge in [0.1, 0.15) is 17.1 Å². The highest BCUT2D eigenvalue weighted by Crippen LogP contribution is 2.33. The molecule has 2 aromatic heterocycles. The smallest absolute Gasteiger partial charge is 0.260 e. The van der Waals surface area contributed by atoms with Crippen LogP contribution < -0.4 is 9.80 Å². The van der Waals surface area contributed by atoms with E-state index in [-0.39, 0.29) is 42.3 Å². The second-order valence-corrected chi connectivity index (χ2v) is 8.24. The van der Waals surface area contributed by atoms with Gasteiger partial charge >= 0.3 is 0 Å². The van der Waals surface area contributed by atoms with Gasteiger partial charge in [-0.1, -0.05) is 23.5 Å². The molecule has 0 atom stereocenters. The van der Waals surface area contributed by atoms with Gasteiger partial charge in [0.2, 0.25) is 11.8 Å². The summed E-state index contributed by atoms with van der Waals surface area (Å²) in [6, 6.07) is 14.4. The summed E-state index contributed by atoms with van der Waals surface area (Å²) in [5.74, 6) is -0.952. The molecule has 32 heavy (non-hydrogen) atoms. The molecule has 0 spiro atoms. The predicted octanol–water partition coefficient (Wildman–Crippen LogP) is 4.53. The van der Waals surface area contributed by atoms with Crippen LogP contribution in [0.2, 0.25) is 0 Å². The number of furan rings is 1. The van der Waals surface area contributed by atoms with Gasteiger partial charge in [0, 0.05) is 18.4 Å². The van der Waals surface area contributed by atoms with Crippen LogP contribution in [-0.2, 0) is 16.1 Å². The number of hydrogen-bond donors (Lipinski definition) is 0. The van der Waals surface area contributed by atoms with Gasteiger partial charge in [-0.25, -0.2) is 9.37 Å². The fourth-order valence-electron chi connectivity index (χ4n) is 3.60. The number of carbonyl (C=O) groups is 3. The largest absolute Gasteiger partial charge is 0.467 e. The van der Waals surface area contributed by atoms with E-state index in [2.05, 4.69) is 4.98 Å². The van der Waals surface area contributed by atoms with Crippen molar-refractivity contribution in [1.29, 1.82) is 0 Å². The standard InChI is InChI=1S/C23H16FN3O4S/c24-17-7-2-8-18-21(17)25-23(32-18)26(13-16-6-3-11-31-16)22(30)14-4-1-5-15(12-14)27-19(28)9-10-20(27)29/h1-8,11-12H,9-10,13H2. The third kappa shape index (κ3) is 3.56. The summed E-state index contributed by atoms with van der Waals surface area (Å²) in [6.45, 7) is 0.0824. The maximum atomic E-state index is 14.2. The van der Waals surface area contributed by atoms with E-state index in [0.29, 0.717) is 21.3 Å². The van der Waals surface area contributed by atoms with Crippen LogP contribution >= 0.6 is 11.3 Å². The van der Waals surface area contributed by atoms with Gasteiger partial charge in [-0.05, 0) is 42.5 Å². The summed E-state index contributed by atoms with van der Waals surface area (Å²) < 4.78 is 20.2. The average molecular weight is 449 g/mol. The van der Waals surface area contributed by atoms with Gasteiger partial charge in [-0.3, -0.25) is 24.2 Å². The Balaban J connectivity index is 1.55. The van der Waals surface area contributed by atoms with Crippen LogP contribution in [0.5, 0.6) is 0 Å². The van der Waals surface area contributed by atoms with Crippen molar-refractivity contribution in [3.8, 4) is 0 Å². The molecule has 0 saturated carbocycles. The Kier molecular flexibility index (Phi) is 5.02. The van der Waals surface area contributed by atoms with Crippen molar-refractivity contribution >= 4 is 50.1 Å². The second kappa shape index (κ2) is 8.01. The minimum Gasteiger partial charge on any atom is -0.467 e. The summed E-state index contributed by atoms with van der Waals surface area (Å²) in [4.78, 5) is 44.6. The zero-order chi connectivity index (χ0) is 22.2. The van der Waals surface area contributed by atoms with E-state index in [4.69, 9.17) is 4.42 Å². The highest BCUT2D eigenvalue weighted by molar-refractivity contribution is 7.22. The number of rotatable bonds is 5. The lowest BCUT2D eigenvalue weighted by molar-refractivity contribution is -0.121. The van der Waals surface area contributed by atoms with Crippen molar-refractivity contribution in [2.45, 2.75) is 19.4 Å². The van der Waals surface area contributed by atoms with Gasteiger partial charge in [-0.15, -0.1) is 0 Å². The van der Waals surface area contributed by atoms with E-state index in [9.17, 15) is 18.8 Å². The number of benzene rings is 2. The van der Waals surface area contributed by atoms with Gasteiger partial charge in [0.15, 0.2) is 5.13 Å². The Hall–Kier alpha value is -3.85. The molecular weight excluding hydrogens is 433 g/mol. The molecule has 4 aromatic rings. The van der Waals surface area contributed by atoms with Crippen LogP contribution in [0, 0.1) is 5.82 Å². The quantitative estimate of drug-likeness (QED) is 0.418. The SMILES string of the molecule is O=C(c1cccc(N2C(=O)CCC2=O)c1)N(Cc1ccco1)c1nc2c(F)cccc2s1. The minimum absolute atomic E-state index is 0.0824. The third-order valence-corrected chi connectivity index (χ3v) is 6.17. The van der Waals surface area contributed by atoms with E-state index in [0.717, 1.165) is 4.90 Å². The molecule has 9 heteroatoms. The first-order valence-electron chi connectivity index (χ1n) is 9.86. The van der Waals surface area contributed by atoms with Crippen molar-refractivity contribution in [3.63, 3.8) is 0 Å². The van der Waals surface area contributed by atoms with Crippen LogP contribution in [0.25, 0.3) is 10.2 Å². The fourth-order valence-corrected chi connectivity index (χ4v) is 4.58. The zero-order valence-corrected chi connectivity index (χ0v) is 17.5. The van der Waals surface area contributed by atoms with Crippen LogP contribution in [0.3, 0.4) is 0 Å². The Bertz CT molecular complexity index is 1330. The van der Waals surface area contributed by atoms with Gasteiger partial charge in [0.25, 0.3) is 5.91 Å². The zero-order valence-electron chi connectivity index (χ0n) is 16.7. The van der Waals surface area contributed by atoms with Crippen LogP contribution in [0.1, 0.15) is 29.0 Å². The maximum Gasteiger partial charge on any atom is 0.260 e. The molecule has 1 aliphatic heterocycles. The van der Waals surface area contributed by atoms with Crippen LogP contribution in [0.4, 0.5) is 15.2 Å². The Morgan fingerprint density at radius 2 is 1.88 bits per heavy atom. The summed E-state index contributed by atoms with van der Waals surface area (Å²) in [5, 5.41) is 0.310. The van der Waals surface area contributed by atoms with Crippen molar-refractivity contribution in [2.75, 3.05) is 9.80 Å². The summed E-state index contributed by atoms with van der Waals surface area (Å²) in [7, 11) is 0. The molecule has 0 bridgehead atoms. The third-order valence-electron chi connectivity index (χ3n) is 5.13. The Morgan fingerprint density at radius 3 is 2.59 bits per heavy atom. The van der Waals surface area contributed by atoms with E-state index >= 15 is 0 Å². The lowest BCUT2D eigenvalue weighted by Gasteiger charge is -2.20. The number of amides is 3. The number of halogens is 1. The van der Waals surface area contributed by atoms with Crippen molar-refractivity contribution < 1.29 is 23.2 Å². The molecule has 0 aliphatic carbocycles. The number of imide groups is 1. The normalized spacial score (nSPS) is 13.8. The van der Waals surface area contributed by atoms with Crippen molar-refractivity contribution in [3.05, 3.63) is 78.0 Å². The average Bonchev–Trinajstić information content (AvgIpc) is 3.52. The van der Waals surface area contributed by atoms with Gasteiger partial charge in [-0.2, -0.15) is 0 Å². The molecule has 3 amide bonds. The highest BCUT2D eigenvalue weighted by Gasteiger charge is 2.31. The first-order chi connectivity index (χ1) is 15.5. The monoisotopic (exact) mass is 449 g/mol. The number of fused-ring (bicyclic) bond motifs is 1. The molecule has 160 valence electrons. The summed E-state index contributed by atoms with van der Waals surface area (Å²) in [5.41, 5.74) is 0.796. The molecule has 1 saturated heterocycles. The van der Waals surface area contributed by atoms with Crippen molar-refractivity contribution in [2.24, 2.45) is 0 Å². The minimum atomic E-state index is -0.469. The van der Waals surface area contributed by atoms with Gasteiger partial charge < -0.3 is 4.42 Å². The Labute approximate surface area is 185 Å². The molecule has 0 N–H and O–H groups in total. The molecule has 5 rings (SSSR count). The highest BCUT2D eigenvalue weighted by atomic mass is 32.1. The van der Waals surface area contributed by atoms with E-state index in [1.54, 1.807) is 42.5 Å². The molecule has 2 aromatic carbocycles. The van der Waals surface area contributed by atoms with E-state index in [1.807, 2.05) is 0 Å². The number of thiazole rings is 1. The number of anilines is 2. The number of nitrogens with zero attached hydrogens (tertiary/aromatic N) is 3. The molecule has 7 nitrogen and oxygen atoms in total.